The molecular formula is C12H13F2N3OS. The number of nitrogens with zero attached hydrogens (tertiary/aromatic N) is 2. The highest BCUT2D eigenvalue weighted by molar-refractivity contribution is 7.71. The average Bonchev–Trinajstić information content (AvgIpc) is 2.69. The first kappa shape index (κ1) is 13.7. The highest BCUT2D eigenvalue weighted by Gasteiger charge is 2.23. The van der Waals surface area contributed by atoms with Crippen LogP contribution in [-0.2, 0) is 4.79 Å². The molecule has 0 spiro atoms. The summed E-state index contributed by atoms with van der Waals surface area (Å²) in [7, 11) is 3.18. The Bertz CT molecular complexity index is 705. The van der Waals surface area contributed by atoms with Crippen LogP contribution in [0.3, 0.4) is 0 Å². The summed E-state index contributed by atoms with van der Waals surface area (Å²) in [6, 6.07) is 1.70. The molecule has 1 aromatic heterocycles. The molecular weight excluding hydrogens is 272 g/mol. The molecule has 1 aromatic carbocycles. The van der Waals surface area contributed by atoms with E-state index in [1.807, 2.05) is 0 Å². The van der Waals surface area contributed by atoms with Crippen LogP contribution in [0.1, 0.15) is 13.0 Å². The molecule has 1 amide bonds. The summed E-state index contributed by atoms with van der Waals surface area (Å²) in [5.41, 5.74) is 0.343. The molecule has 19 heavy (non-hydrogen) atoms. The number of benzene rings is 1. The molecule has 2 rings (SSSR count). The van der Waals surface area contributed by atoms with Crippen molar-refractivity contribution in [3.05, 3.63) is 28.5 Å². The number of fused-ring (bicyclic) bond motifs is 1. The van der Waals surface area contributed by atoms with Gasteiger partial charge in [-0.3, -0.25) is 4.79 Å². The largest absolute Gasteiger partial charge is 0.347 e. The molecule has 0 radical (unpaired) electrons. The van der Waals surface area contributed by atoms with Gasteiger partial charge in [0.2, 0.25) is 5.91 Å². The van der Waals surface area contributed by atoms with Crippen LogP contribution < -0.4 is 0 Å². The lowest BCUT2D eigenvalue weighted by molar-refractivity contribution is -0.131. The maximum Gasteiger partial charge on any atom is 0.244 e. The van der Waals surface area contributed by atoms with Gasteiger partial charge >= 0.3 is 0 Å². The van der Waals surface area contributed by atoms with Crippen LogP contribution in [0, 0.1) is 16.4 Å². The summed E-state index contributed by atoms with van der Waals surface area (Å²) in [5, 5.41) is 0. The van der Waals surface area contributed by atoms with Crippen molar-refractivity contribution in [2.45, 2.75) is 13.0 Å². The molecule has 1 N–H and O–H groups in total. The number of likely N-dealkylation sites (N-methyl/N-ethyl adjacent to an activating group) is 1. The summed E-state index contributed by atoms with van der Waals surface area (Å²) >= 11 is 5.09. The average molecular weight is 285 g/mol. The second-order valence-electron chi connectivity index (χ2n) is 4.47. The summed E-state index contributed by atoms with van der Waals surface area (Å²) in [6.45, 7) is 1.59. The van der Waals surface area contributed by atoms with Gasteiger partial charge in [0.05, 0.1) is 5.52 Å². The van der Waals surface area contributed by atoms with E-state index in [9.17, 15) is 13.6 Å². The zero-order valence-electron chi connectivity index (χ0n) is 10.7. The topological polar surface area (TPSA) is 41.0 Å². The van der Waals surface area contributed by atoms with Crippen molar-refractivity contribution >= 4 is 29.2 Å². The fourth-order valence-corrected chi connectivity index (χ4v) is 2.37. The number of nitrogens with one attached hydrogen (secondary N) is 1. The van der Waals surface area contributed by atoms with Crippen LogP contribution >= 0.6 is 12.2 Å². The van der Waals surface area contributed by atoms with E-state index in [4.69, 9.17) is 12.2 Å². The summed E-state index contributed by atoms with van der Waals surface area (Å²) < 4.78 is 28.7. The lowest BCUT2D eigenvalue weighted by Crippen LogP contribution is -2.30. The number of imidazole rings is 1. The molecule has 102 valence electrons. The van der Waals surface area contributed by atoms with Crippen LogP contribution in [-0.4, -0.2) is 34.5 Å². The van der Waals surface area contributed by atoms with Crippen LogP contribution in [0.5, 0.6) is 0 Å². The summed E-state index contributed by atoms with van der Waals surface area (Å²) in [4.78, 5) is 16.1. The maximum absolute atomic E-state index is 13.9. The van der Waals surface area contributed by atoms with Crippen molar-refractivity contribution in [3.63, 3.8) is 0 Å². The molecule has 2 aromatic rings. The normalized spacial score (nSPS) is 12.7. The van der Waals surface area contributed by atoms with Crippen molar-refractivity contribution in [2.75, 3.05) is 14.1 Å². The molecule has 7 heteroatoms. The van der Waals surface area contributed by atoms with E-state index in [1.165, 1.54) is 15.5 Å². The Balaban J connectivity index is 2.73. The SMILES string of the molecule is CC(C(=O)N(C)C)n1c(=S)[nH]c2ccc(F)c(F)c21. The third-order valence-corrected chi connectivity index (χ3v) is 3.25. The minimum absolute atomic E-state index is 0.0206. The number of aromatic nitrogens is 2. The number of hydrogen-bond acceptors (Lipinski definition) is 2. The highest BCUT2D eigenvalue weighted by atomic mass is 32.1. The van der Waals surface area contributed by atoms with E-state index in [0.717, 1.165) is 6.07 Å². The number of H-pyrrole nitrogens is 1. The van der Waals surface area contributed by atoms with Crippen molar-refractivity contribution in [3.8, 4) is 0 Å². The van der Waals surface area contributed by atoms with Gasteiger partial charge in [-0.2, -0.15) is 0 Å². The third kappa shape index (κ3) is 2.14. The molecule has 0 saturated heterocycles. The second-order valence-corrected chi connectivity index (χ2v) is 4.85. The lowest BCUT2D eigenvalue weighted by Gasteiger charge is -2.18. The molecule has 0 aliphatic heterocycles. The van der Waals surface area contributed by atoms with Crippen LogP contribution in [0.2, 0.25) is 0 Å². The van der Waals surface area contributed by atoms with Gasteiger partial charge in [-0.1, -0.05) is 0 Å². The molecule has 0 aliphatic carbocycles. The molecule has 4 nitrogen and oxygen atoms in total. The Morgan fingerprint density at radius 1 is 1.42 bits per heavy atom. The Hall–Kier alpha value is -1.76. The van der Waals surface area contributed by atoms with Gasteiger partial charge < -0.3 is 14.5 Å². The van der Waals surface area contributed by atoms with E-state index in [0.29, 0.717) is 5.52 Å². The Morgan fingerprint density at radius 3 is 2.63 bits per heavy atom. The number of halogens is 2. The molecule has 1 heterocycles. The van der Waals surface area contributed by atoms with Gasteiger partial charge in [-0.05, 0) is 31.3 Å². The van der Waals surface area contributed by atoms with Gasteiger partial charge in [0.15, 0.2) is 16.4 Å². The summed E-state index contributed by atoms with van der Waals surface area (Å²) in [6.07, 6.45) is 0. The number of aromatic amines is 1. The fraction of sp³-hybridized carbons (Fsp3) is 0.333. The van der Waals surface area contributed by atoms with Gasteiger partial charge in [-0.25, -0.2) is 8.78 Å². The first-order valence-corrected chi connectivity index (χ1v) is 6.04. The van der Waals surface area contributed by atoms with Crippen LogP contribution in [0.4, 0.5) is 8.78 Å². The Kier molecular flexibility index (Phi) is 3.40. The minimum atomic E-state index is -1.01. The first-order chi connectivity index (χ1) is 8.84. The molecule has 1 atom stereocenters. The number of rotatable bonds is 2. The van der Waals surface area contributed by atoms with Crippen molar-refractivity contribution < 1.29 is 13.6 Å². The summed E-state index contributed by atoms with van der Waals surface area (Å²) in [5.74, 6) is -2.23. The van der Waals surface area contributed by atoms with Crippen molar-refractivity contribution in [1.29, 1.82) is 0 Å². The van der Waals surface area contributed by atoms with E-state index in [2.05, 4.69) is 4.98 Å². The van der Waals surface area contributed by atoms with Crippen LogP contribution in [0.15, 0.2) is 12.1 Å². The van der Waals surface area contributed by atoms with Gasteiger partial charge in [0.25, 0.3) is 0 Å². The zero-order valence-corrected chi connectivity index (χ0v) is 11.5. The Morgan fingerprint density at radius 2 is 2.05 bits per heavy atom. The Labute approximate surface area is 113 Å². The molecule has 0 saturated carbocycles. The molecule has 0 aliphatic rings. The second kappa shape index (κ2) is 4.73. The smallest absolute Gasteiger partial charge is 0.244 e. The fourth-order valence-electron chi connectivity index (χ4n) is 2.01. The van der Waals surface area contributed by atoms with E-state index < -0.39 is 17.7 Å². The lowest BCUT2D eigenvalue weighted by atomic mass is 10.2. The van der Waals surface area contributed by atoms with Gasteiger partial charge in [0, 0.05) is 14.1 Å². The molecule has 0 bridgehead atoms. The van der Waals surface area contributed by atoms with E-state index in [-0.39, 0.29) is 16.2 Å². The first-order valence-electron chi connectivity index (χ1n) is 5.64. The van der Waals surface area contributed by atoms with Gasteiger partial charge in [-0.15, -0.1) is 0 Å². The highest BCUT2D eigenvalue weighted by Crippen LogP contribution is 2.24. The van der Waals surface area contributed by atoms with E-state index >= 15 is 0 Å². The van der Waals surface area contributed by atoms with Crippen LogP contribution in [0.25, 0.3) is 11.0 Å². The number of amides is 1. The minimum Gasteiger partial charge on any atom is -0.347 e. The molecule has 1 unspecified atom stereocenters. The predicted molar refractivity (Wildman–Crippen MR) is 70.4 cm³/mol. The molecule has 0 fully saturated rings. The van der Waals surface area contributed by atoms with Gasteiger partial charge in [0.1, 0.15) is 11.6 Å². The zero-order chi connectivity index (χ0) is 14.3. The number of carbonyl (C=O) groups excluding carboxylic acids is 1. The number of hydrogen-bond donors (Lipinski definition) is 1. The van der Waals surface area contributed by atoms with E-state index in [1.54, 1.807) is 21.0 Å². The number of carbonyl (C=O) groups is 1. The predicted octanol–water partition coefficient (Wildman–Crippen LogP) is 2.63. The maximum atomic E-state index is 13.9. The quantitative estimate of drug-likeness (QED) is 0.862. The van der Waals surface area contributed by atoms with Crippen molar-refractivity contribution in [1.82, 2.24) is 14.5 Å². The standard InChI is InChI=1S/C12H13F2N3OS/c1-6(11(18)16(2)3)17-10-8(15-12(17)19)5-4-7(13)9(10)14/h4-6H,1-3H3,(H,15,19). The van der Waals surface area contributed by atoms with Crippen molar-refractivity contribution in [2.24, 2.45) is 0 Å². The monoisotopic (exact) mass is 285 g/mol. The third-order valence-electron chi connectivity index (χ3n) is 2.96.